The Morgan fingerprint density at radius 1 is 1.29 bits per heavy atom. The molecule has 0 spiro atoms. The van der Waals surface area contributed by atoms with Crippen LogP contribution in [-0.4, -0.2) is 70.8 Å². The van der Waals surface area contributed by atoms with Crippen LogP contribution >= 0.6 is 0 Å². The summed E-state index contributed by atoms with van der Waals surface area (Å²) in [7, 11) is 1.57. The van der Waals surface area contributed by atoms with Gasteiger partial charge in [-0.3, -0.25) is 14.6 Å². The fraction of sp³-hybridized carbons (Fsp3) is 0.522. The Morgan fingerprint density at radius 3 is 2.97 bits per heavy atom. The normalized spacial score (nSPS) is 17.7. The van der Waals surface area contributed by atoms with Gasteiger partial charge in [-0.25, -0.2) is 9.97 Å². The van der Waals surface area contributed by atoms with E-state index in [0.29, 0.717) is 5.88 Å². The number of carboxylic acid groups (broad SMARTS) is 1. The number of anilines is 1. The van der Waals surface area contributed by atoms with E-state index in [1.165, 1.54) is 12.0 Å². The molecule has 0 aliphatic carbocycles. The lowest BCUT2D eigenvalue weighted by molar-refractivity contribution is -0.138. The van der Waals surface area contributed by atoms with Gasteiger partial charge in [0.25, 0.3) is 0 Å². The van der Waals surface area contributed by atoms with Crippen LogP contribution in [0.15, 0.2) is 30.5 Å². The highest BCUT2D eigenvalue weighted by Crippen LogP contribution is 2.28. The van der Waals surface area contributed by atoms with Crippen LogP contribution in [0.1, 0.15) is 42.1 Å². The minimum absolute atomic E-state index is 0.0634. The van der Waals surface area contributed by atoms with E-state index in [4.69, 9.17) is 9.72 Å². The van der Waals surface area contributed by atoms with Crippen molar-refractivity contribution < 1.29 is 14.6 Å². The van der Waals surface area contributed by atoms with Crippen LogP contribution in [0.4, 0.5) is 5.82 Å². The van der Waals surface area contributed by atoms with Crippen molar-refractivity contribution in [3.05, 3.63) is 47.3 Å². The first-order chi connectivity index (χ1) is 15.1. The van der Waals surface area contributed by atoms with Crippen LogP contribution < -0.4 is 10.1 Å². The fourth-order valence-electron chi connectivity index (χ4n) is 4.43. The summed E-state index contributed by atoms with van der Waals surface area (Å²) in [4.78, 5) is 25.2. The molecule has 1 atom stereocenters. The maximum atomic E-state index is 11.5. The number of fused-ring (bicyclic) bond motifs is 1. The highest BCUT2D eigenvalue weighted by molar-refractivity contribution is 5.68. The van der Waals surface area contributed by atoms with Crippen LogP contribution in [0.3, 0.4) is 0 Å². The lowest BCUT2D eigenvalue weighted by Crippen LogP contribution is -2.31. The number of nitrogens with zero attached hydrogens (tertiary/aromatic N) is 4. The van der Waals surface area contributed by atoms with E-state index in [2.05, 4.69) is 32.2 Å². The number of carbonyl (C=O) groups is 1. The molecule has 31 heavy (non-hydrogen) atoms. The molecule has 2 aromatic heterocycles. The molecule has 4 heterocycles. The van der Waals surface area contributed by atoms with Gasteiger partial charge in [-0.05, 0) is 49.4 Å². The predicted molar refractivity (Wildman–Crippen MR) is 118 cm³/mol. The quantitative estimate of drug-likeness (QED) is 0.634. The molecule has 1 fully saturated rings. The molecule has 2 aliphatic heterocycles. The molecule has 0 unspecified atom stereocenters. The second-order valence-corrected chi connectivity index (χ2v) is 8.26. The van der Waals surface area contributed by atoms with Gasteiger partial charge >= 0.3 is 5.97 Å². The van der Waals surface area contributed by atoms with Gasteiger partial charge in [0.15, 0.2) is 0 Å². The third kappa shape index (κ3) is 5.51. The Morgan fingerprint density at radius 2 is 2.19 bits per heavy atom. The van der Waals surface area contributed by atoms with Gasteiger partial charge in [-0.2, -0.15) is 0 Å². The third-order valence-corrected chi connectivity index (χ3v) is 6.11. The summed E-state index contributed by atoms with van der Waals surface area (Å²) < 4.78 is 5.13. The second-order valence-electron chi connectivity index (χ2n) is 8.26. The number of aryl methyl sites for hydroxylation is 2. The van der Waals surface area contributed by atoms with Crippen LogP contribution in [-0.2, 0) is 17.6 Å². The van der Waals surface area contributed by atoms with E-state index in [1.54, 1.807) is 19.4 Å². The molecule has 8 nitrogen and oxygen atoms in total. The van der Waals surface area contributed by atoms with Crippen LogP contribution in [0.2, 0.25) is 0 Å². The topological polar surface area (TPSA) is 90.8 Å². The molecule has 2 N–H and O–H groups in total. The first kappa shape index (κ1) is 21.5. The molecule has 1 saturated heterocycles. The first-order valence-electron chi connectivity index (χ1n) is 11.0. The number of aliphatic carboxylic acids is 1. The first-order valence-corrected chi connectivity index (χ1v) is 11.0. The lowest BCUT2D eigenvalue weighted by Gasteiger charge is -2.27. The molecule has 0 radical (unpaired) electrons. The molecule has 0 aromatic carbocycles. The van der Waals surface area contributed by atoms with E-state index < -0.39 is 5.97 Å². The summed E-state index contributed by atoms with van der Waals surface area (Å²) in [5.74, 6) is 0.791. The van der Waals surface area contributed by atoms with E-state index in [-0.39, 0.29) is 12.5 Å². The summed E-state index contributed by atoms with van der Waals surface area (Å²) in [5.41, 5.74) is 3.37. The average molecular weight is 426 g/mol. The van der Waals surface area contributed by atoms with Crippen molar-refractivity contribution in [1.82, 2.24) is 19.8 Å². The molecular formula is C23H31N5O3. The van der Waals surface area contributed by atoms with Gasteiger partial charge < -0.3 is 15.2 Å². The smallest absolute Gasteiger partial charge is 0.305 e. The molecule has 0 saturated carbocycles. The number of rotatable bonds is 9. The van der Waals surface area contributed by atoms with E-state index in [1.807, 2.05) is 6.07 Å². The van der Waals surface area contributed by atoms with Crippen molar-refractivity contribution >= 4 is 11.8 Å². The fourth-order valence-corrected chi connectivity index (χ4v) is 4.43. The zero-order chi connectivity index (χ0) is 21.6. The Kier molecular flexibility index (Phi) is 6.99. The second kappa shape index (κ2) is 10.1. The number of pyridine rings is 2. The predicted octanol–water partition coefficient (Wildman–Crippen LogP) is 2.57. The summed E-state index contributed by atoms with van der Waals surface area (Å²) in [5, 5.41) is 12.8. The molecule has 0 amide bonds. The SMILES string of the molecule is COc1ccc([C@H](CC(=O)O)N2CCN(CCCc3ccc4c(n3)NCCC4)C2)cn1. The van der Waals surface area contributed by atoms with Crippen molar-refractivity contribution in [3.63, 3.8) is 0 Å². The van der Waals surface area contributed by atoms with Crippen molar-refractivity contribution in [2.45, 2.75) is 38.1 Å². The summed E-state index contributed by atoms with van der Waals surface area (Å²) in [6.07, 6.45) is 6.06. The summed E-state index contributed by atoms with van der Waals surface area (Å²) in [6.45, 7) is 4.55. The highest BCUT2D eigenvalue weighted by atomic mass is 16.5. The molecule has 166 valence electrons. The largest absolute Gasteiger partial charge is 0.481 e. The molecule has 2 aromatic rings. The van der Waals surface area contributed by atoms with E-state index >= 15 is 0 Å². The maximum absolute atomic E-state index is 11.5. The maximum Gasteiger partial charge on any atom is 0.305 e. The van der Waals surface area contributed by atoms with Gasteiger partial charge in [0.1, 0.15) is 5.82 Å². The number of ether oxygens (including phenoxy) is 1. The molecule has 4 rings (SSSR count). The van der Waals surface area contributed by atoms with Gasteiger partial charge in [-0.1, -0.05) is 12.1 Å². The van der Waals surface area contributed by atoms with Gasteiger partial charge in [-0.15, -0.1) is 0 Å². The number of carboxylic acids is 1. The lowest BCUT2D eigenvalue weighted by atomic mass is 10.0. The molecular weight excluding hydrogens is 394 g/mol. The van der Waals surface area contributed by atoms with Crippen molar-refractivity contribution in [2.24, 2.45) is 0 Å². The van der Waals surface area contributed by atoms with Crippen molar-refractivity contribution in [2.75, 3.05) is 45.3 Å². The standard InChI is InChI=1S/C23H31N5O3/c1-31-21-9-7-18(15-25-21)20(14-22(29)30)28-13-12-27(16-28)11-3-5-19-8-6-17-4-2-10-24-23(17)26-19/h6-9,15,20H,2-5,10-14,16H2,1H3,(H,24,26)(H,29,30)/t20-/m0/s1. The number of methoxy groups -OCH3 is 1. The number of hydrogen-bond acceptors (Lipinski definition) is 7. The zero-order valence-corrected chi connectivity index (χ0v) is 18.1. The molecule has 8 heteroatoms. The number of hydrogen-bond donors (Lipinski definition) is 2. The van der Waals surface area contributed by atoms with Crippen molar-refractivity contribution in [1.29, 1.82) is 0 Å². The summed E-state index contributed by atoms with van der Waals surface area (Å²) >= 11 is 0. The minimum atomic E-state index is -0.800. The Hall–Kier alpha value is -2.71. The van der Waals surface area contributed by atoms with Crippen molar-refractivity contribution in [3.8, 4) is 5.88 Å². The van der Waals surface area contributed by atoms with Gasteiger partial charge in [0, 0.05) is 43.6 Å². The summed E-state index contributed by atoms with van der Waals surface area (Å²) in [6, 6.07) is 7.88. The number of aromatic nitrogens is 2. The highest BCUT2D eigenvalue weighted by Gasteiger charge is 2.29. The Labute approximate surface area is 183 Å². The molecule has 0 bridgehead atoms. The number of nitrogens with one attached hydrogen (secondary N) is 1. The monoisotopic (exact) mass is 425 g/mol. The zero-order valence-electron chi connectivity index (χ0n) is 18.1. The van der Waals surface area contributed by atoms with E-state index in [0.717, 1.165) is 69.2 Å². The van der Waals surface area contributed by atoms with Gasteiger partial charge in [0.2, 0.25) is 5.88 Å². The van der Waals surface area contributed by atoms with Crippen LogP contribution in [0.5, 0.6) is 5.88 Å². The van der Waals surface area contributed by atoms with E-state index in [9.17, 15) is 9.90 Å². The molecule has 2 aliphatic rings. The van der Waals surface area contributed by atoms with Gasteiger partial charge in [0.05, 0.1) is 20.2 Å². The Balaban J connectivity index is 1.31. The Bertz CT molecular complexity index is 889. The average Bonchev–Trinajstić information content (AvgIpc) is 3.26. The van der Waals surface area contributed by atoms with Crippen LogP contribution in [0, 0.1) is 0 Å². The van der Waals surface area contributed by atoms with Crippen LogP contribution in [0.25, 0.3) is 0 Å². The third-order valence-electron chi connectivity index (χ3n) is 6.11. The minimum Gasteiger partial charge on any atom is -0.481 e.